The number of halogens is 1. The molecule has 2 rings (SSSR count). The van der Waals surface area contributed by atoms with Gasteiger partial charge in [-0.25, -0.2) is 4.39 Å². The van der Waals surface area contributed by atoms with E-state index in [2.05, 4.69) is 0 Å². The maximum absolute atomic E-state index is 13.5. The van der Waals surface area contributed by atoms with Crippen LogP contribution >= 0.6 is 12.2 Å². The predicted molar refractivity (Wildman–Crippen MR) is 70.9 cm³/mol. The third-order valence-electron chi connectivity index (χ3n) is 2.92. The van der Waals surface area contributed by atoms with Gasteiger partial charge in [0.15, 0.2) is 0 Å². The molecule has 1 aliphatic heterocycles. The molecule has 1 aromatic carbocycles. The van der Waals surface area contributed by atoms with E-state index in [0.717, 1.165) is 19.4 Å². The molecule has 3 nitrogen and oxygen atoms in total. The van der Waals surface area contributed by atoms with Crippen LogP contribution in [0.4, 0.5) is 4.39 Å². The lowest BCUT2D eigenvalue weighted by Gasteiger charge is -2.11. The van der Waals surface area contributed by atoms with Crippen LogP contribution in [0.1, 0.15) is 24.0 Å². The number of rotatable bonds is 5. The molecule has 5 heteroatoms. The highest BCUT2D eigenvalue weighted by molar-refractivity contribution is 7.80. The molecule has 2 N–H and O–H groups in total. The summed E-state index contributed by atoms with van der Waals surface area (Å²) >= 11 is 4.86. The van der Waals surface area contributed by atoms with E-state index >= 15 is 0 Å². The topological polar surface area (TPSA) is 44.5 Å². The van der Waals surface area contributed by atoms with Gasteiger partial charge in [-0.3, -0.25) is 0 Å². The summed E-state index contributed by atoms with van der Waals surface area (Å²) in [6, 6.07) is 4.56. The Balaban J connectivity index is 1.91. The first-order chi connectivity index (χ1) is 8.66. The average molecular weight is 269 g/mol. The molecular weight excluding hydrogens is 253 g/mol. The molecular formula is C13H16FNO2S. The lowest BCUT2D eigenvalue weighted by Crippen LogP contribution is -2.15. The fraction of sp³-hybridized carbons (Fsp3) is 0.462. The van der Waals surface area contributed by atoms with Gasteiger partial charge in [0, 0.05) is 17.7 Å². The third kappa shape index (κ3) is 3.48. The van der Waals surface area contributed by atoms with Gasteiger partial charge in [-0.05, 0) is 31.0 Å². The molecule has 1 aliphatic rings. The van der Waals surface area contributed by atoms with Gasteiger partial charge >= 0.3 is 0 Å². The zero-order chi connectivity index (χ0) is 13.0. The molecule has 0 aliphatic carbocycles. The average Bonchev–Trinajstić information content (AvgIpc) is 2.84. The molecule has 0 radical (unpaired) electrons. The quantitative estimate of drug-likeness (QED) is 0.832. The van der Waals surface area contributed by atoms with Crippen LogP contribution in [-0.2, 0) is 16.1 Å². The third-order valence-corrected chi connectivity index (χ3v) is 3.15. The Morgan fingerprint density at radius 1 is 1.56 bits per heavy atom. The van der Waals surface area contributed by atoms with Gasteiger partial charge in [-0.15, -0.1) is 0 Å². The van der Waals surface area contributed by atoms with Gasteiger partial charge in [0.2, 0.25) is 0 Å². The van der Waals surface area contributed by atoms with Gasteiger partial charge < -0.3 is 15.2 Å². The van der Waals surface area contributed by atoms with Crippen LogP contribution in [0.2, 0.25) is 0 Å². The lowest BCUT2D eigenvalue weighted by atomic mass is 10.1. The van der Waals surface area contributed by atoms with Crippen molar-refractivity contribution in [3.8, 4) is 0 Å². The van der Waals surface area contributed by atoms with Crippen molar-refractivity contribution >= 4 is 17.2 Å². The smallest absolute Gasteiger partial charge is 0.128 e. The number of ether oxygens (including phenoxy) is 2. The lowest BCUT2D eigenvalue weighted by molar-refractivity contribution is 0.00982. The normalized spacial score (nSPS) is 19.1. The van der Waals surface area contributed by atoms with E-state index in [1.165, 1.54) is 6.07 Å². The zero-order valence-corrected chi connectivity index (χ0v) is 10.8. The molecule has 1 unspecified atom stereocenters. The number of thiocarbonyl (C=S) groups is 1. The minimum absolute atomic E-state index is 0.145. The van der Waals surface area contributed by atoms with Crippen molar-refractivity contribution in [1.82, 2.24) is 0 Å². The predicted octanol–water partition coefficient (Wildman–Crippen LogP) is 2.16. The van der Waals surface area contributed by atoms with Gasteiger partial charge in [0.05, 0.1) is 19.3 Å². The van der Waals surface area contributed by atoms with E-state index in [0.29, 0.717) is 17.7 Å². The standard InChI is InChI=1S/C13H16FNO2S/c14-12-4-3-9(13(15)18)6-10(12)7-16-8-11-2-1-5-17-11/h3-4,6,11H,1-2,5,7-8H2,(H2,15,18). The second-order valence-corrected chi connectivity index (χ2v) is 4.76. The van der Waals surface area contributed by atoms with Crippen molar-refractivity contribution in [2.45, 2.75) is 25.6 Å². The largest absolute Gasteiger partial charge is 0.389 e. The Morgan fingerprint density at radius 3 is 3.06 bits per heavy atom. The Hall–Kier alpha value is -1.04. The van der Waals surface area contributed by atoms with Crippen molar-refractivity contribution < 1.29 is 13.9 Å². The Labute approximate surface area is 111 Å². The molecule has 18 heavy (non-hydrogen) atoms. The first-order valence-corrected chi connectivity index (χ1v) is 6.35. The second-order valence-electron chi connectivity index (χ2n) is 4.32. The number of benzene rings is 1. The molecule has 1 saturated heterocycles. The summed E-state index contributed by atoms with van der Waals surface area (Å²) < 4.78 is 24.4. The van der Waals surface area contributed by atoms with Crippen LogP contribution in [0.5, 0.6) is 0 Å². The number of hydrogen-bond acceptors (Lipinski definition) is 3. The van der Waals surface area contributed by atoms with E-state index in [1.54, 1.807) is 12.1 Å². The maximum atomic E-state index is 13.5. The highest BCUT2D eigenvalue weighted by Gasteiger charge is 2.15. The van der Waals surface area contributed by atoms with Crippen LogP contribution in [0.3, 0.4) is 0 Å². The summed E-state index contributed by atoms with van der Waals surface area (Å²) in [5, 5.41) is 0. The maximum Gasteiger partial charge on any atom is 0.128 e. The summed E-state index contributed by atoms with van der Waals surface area (Å²) in [4.78, 5) is 0.260. The van der Waals surface area contributed by atoms with Crippen LogP contribution in [0.15, 0.2) is 18.2 Å². The molecule has 0 aromatic heterocycles. The monoisotopic (exact) mass is 269 g/mol. The number of hydrogen-bond donors (Lipinski definition) is 1. The zero-order valence-electron chi connectivity index (χ0n) is 10.0. The molecule has 0 saturated carbocycles. The van der Waals surface area contributed by atoms with Crippen molar-refractivity contribution in [2.24, 2.45) is 5.73 Å². The summed E-state index contributed by atoms with van der Waals surface area (Å²) in [6.45, 7) is 1.50. The molecule has 0 spiro atoms. The van der Waals surface area contributed by atoms with Gasteiger partial charge in [-0.1, -0.05) is 12.2 Å². The molecule has 1 atom stereocenters. The summed E-state index contributed by atoms with van der Waals surface area (Å²) in [5.41, 5.74) is 6.63. The van der Waals surface area contributed by atoms with Crippen molar-refractivity contribution in [3.05, 3.63) is 35.1 Å². The van der Waals surface area contributed by atoms with Crippen LogP contribution in [0, 0.1) is 5.82 Å². The van der Waals surface area contributed by atoms with Gasteiger partial charge in [0.25, 0.3) is 0 Å². The van der Waals surface area contributed by atoms with E-state index in [1.807, 2.05) is 0 Å². The van der Waals surface area contributed by atoms with Crippen LogP contribution < -0.4 is 5.73 Å². The molecule has 98 valence electrons. The molecule has 1 aromatic rings. The Kier molecular flexibility index (Phi) is 4.63. The Bertz CT molecular complexity index is 433. The summed E-state index contributed by atoms with van der Waals surface area (Å²) in [7, 11) is 0. The highest BCUT2D eigenvalue weighted by Crippen LogP contribution is 2.15. The molecule has 1 heterocycles. The van der Waals surface area contributed by atoms with Crippen LogP contribution in [-0.4, -0.2) is 24.3 Å². The first kappa shape index (κ1) is 13.4. The fourth-order valence-electron chi connectivity index (χ4n) is 1.91. The second kappa shape index (κ2) is 6.22. The van der Waals surface area contributed by atoms with Gasteiger partial charge in [-0.2, -0.15) is 0 Å². The highest BCUT2D eigenvalue weighted by atomic mass is 32.1. The number of nitrogens with two attached hydrogens (primary N) is 1. The van der Waals surface area contributed by atoms with Gasteiger partial charge in [0.1, 0.15) is 10.8 Å². The molecule has 0 amide bonds. The SMILES string of the molecule is NC(=S)c1ccc(F)c(COCC2CCCO2)c1. The molecule has 0 bridgehead atoms. The molecule has 1 fully saturated rings. The fourth-order valence-corrected chi connectivity index (χ4v) is 2.04. The summed E-state index contributed by atoms with van der Waals surface area (Å²) in [6.07, 6.45) is 2.22. The van der Waals surface area contributed by atoms with Crippen molar-refractivity contribution in [2.75, 3.05) is 13.2 Å². The van der Waals surface area contributed by atoms with E-state index < -0.39 is 0 Å². The van der Waals surface area contributed by atoms with Crippen molar-refractivity contribution in [1.29, 1.82) is 0 Å². The van der Waals surface area contributed by atoms with E-state index in [4.69, 9.17) is 27.4 Å². The van der Waals surface area contributed by atoms with E-state index in [9.17, 15) is 4.39 Å². The summed E-state index contributed by atoms with van der Waals surface area (Å²) in [5.74, 6) is -0.303. The van der Waals surface area contributed by atoms with Crippen LogP contribution in [0.25, 0.3) is 0 Å². The first-order valence-electron chi connectivity index (χ1n) is 5.94. The minimum atomic E-state index is -0.303. The minimum Gasteiger partial charge on any atom is -0.389 e. The Morgan fingerprint density at radius 2 is 2.39 bits per heavy atom. The van der Waals surface area contributed by atoms with Crippen molar-refractivity contribution in [3.63, 3.8) is 0 Å². The van der Waals surface area contributed by atoms with E-state index in [-0.39, 0.29) is 23.5 Å².